The van der Waals surface area contributed by atoms with E-state index in [0.29, 0.717) is 5.57 Å². The summed E-state index contributed by atoms with van der Waals surface area (Å²) in [6.45, 7) is 13.5. The summed E-state index contributed by atoms with van der Waals surface area (Å²) in [5.41, 5.74) is 0.0830. The van der Waals surface area contributed by atoms with Crippen LogP contribution in [0, 0.1) is 0 Å². The highest BCUT2D eigenvalue weighted by atomic mass is 16.5. The van der Waals surface area contributed by atoms with Gasteiger partial charge >= 0.3 is 5.97 Å². The predicted octanol–water partition coefficient (Wildman–Crippen LogP) is 2.00. The standard InChI is InChI=1S/C13H24N2O2/c1-9(2)11(16)17-10-7-12(3,4)15(14)13(5,6)8-10/h10H,1,7-8,14H2,2-6H3. The van der Waals surface area contributed by atoms with Gasteiger partial charge in [-0.2, -0.15) is 0 Å². The lowest BCUT2D eigenvalue weighted by Gasteiger charge is -2.52. The number of nitrogens with zero attached hydrogens (tertiary/aromatic N) is 1. The summed E-state index contributed by atoms with van der Waals surface area (Å²) >= 11 is 0. The number of carbonyl (C=O) groups is 1. The Hall–Kier alpha value is -0.870. The third kappa shape index (κ3) is 3.07. The van der Waals surface area contributed by atoms with Gasteiger partial charge < -0.3 is 4.74 Å². The number of nitrogens with two attached hydrogens (primary N) is 1. The normalized spacial score (nSPS) is 24.4. The first-order valence-corrected chi connectivity index (χ1v) is 5.98. The zero-order valence-corrected chi connectivity index (χ0v) is 11.5. The van der Waals surface area contributed by atoms with Crippen molar-refractivity contribution >= 4 is 5.97 Å². The van der Waals surface area contributed by atoms with Gasteiger partial charge in [0, 0.05) is 29.5 Å². The summed E-state index contributed by atoms with van der Waals surface area (Å²) < 4.78 is 5.45. The van der Waals surface area contributed by atoms with E-state index in [1.54, 1.807) is 6.92 Å². The number of esters is 1. The van der Waals surface area contributed by atoms with Gasteiger partial charge in [0.25, 0.3) is 0 Å². The van der Waals surface area contributed by atoms with Crippen LogP contribution < -0.4 is 5.84 Å². The van der Waals surface area contributed by atoms with Crippen LogP contribution in [-0.4, -0.2) is 28.2 Å². The molecule has 0 radical (unpaired) electrons. The van der Waals surface area contributed by atoms with Gasteiger partial charge in [0.05, 0.1) is 0 Å². The summed E-state index contributed by atoms with van der Waals surface area (Å²) in [6, 6.07) is 0. The molecule has 0 aromatic carbocycles. The average Bonchev–Trinajstić information content (AvgIpc) is 2.12. The highest BCUT2D eigenvalue weighted by Crippen LogP contribution is 2.36. The molecule has 0 bridgehead atoms. The highest BCUT2D eigenvalue weighted by molar-refractivity contribution is 5.87. The van der Waals surface area contributed by atoms with Crippen LogP contribution in [0.4, 0.5) is 0 Å². The molecule has 98 valence electrons. The molecule has 1 aliphatic rings. The van der Waals surface area contributed by atoms with Gasteiger partial charge in [-0.3, -0.25) is 5.84 Å². The molecule has 4 heteroatoms. The summed E-state index contributed by atoms with van der Waals surface area (Å²) in [7, 11) is 0. The van der Waals surface area contributed by atoms with Gasteiger partial charge in [-0.15, -0.1) is 0 Å². The lowest BCUT2D eigenvalue weighted by molar-refractivity contribution is -0.156. The van der Waals surface area contributed by atoms with E-state index in [-0.39, 0.29) is 23.2 Å². The fourth-order valence-electron chi connectivity index (χ4n) is 2.54. The van der Waals surface area contributed by atoms with E-state index in [2.05, 4.69) is 34.3 Å². The zero-order chi connectivity index (χ0) is 13.4. The molecule has 0 amide bonds. The van der Waals surface area contributed by atoms with Crippen molar-refractivity contribution in [1.82, 2.24) is 5.01 Å². The van der Waals surface area contributed by atoms with E-state index in [9.17, 15) is 4.79 Å². The van der Waals surface area contributed by atoms with Crippen molar-refractivity contribution in [3.8, 4) is 0 Å². The minimum Gasteiger partial charge on any atom is -0.459 e. The second kappa shape index (κ2) is 4.42. The predicted molar refractivity (Wildman–Crippen MR) is 68.1 cm³/mol. The minimum absolute atomic E-state index is 0.0935. The molecular weight excluding hydrogens is 216 g/mol. The first-order chi connectivity index (χ1) is 7.56. The number of ether oxygens (including phenoxy) is 1. The second-order valence-corrected chi connectivity index (χ2v) is 6.21. The molecule has 2 N–H and O–H groups in total. The number of piperidine rings is 1. The maximum Gasteiger partial charge on any atom is 0.333 e. The number of rotatable bonds is 2. The first kappa shape index (κ1) is 14.2. The molecule has 0 saturated carbocycles. The molecule has 4 nitrogen and oxygen atoms in total. The van der Waals surface area contributed by atoms with Crippen molar-refractivity contribution in [2.24, 2.45) is 5.84 Å². The first-order valence-electron chi connectivity index (χ1n) is 5.98. The Morgan fingerprint density at radius 3 is 2.06 bits per heavy atom. The molecule has 0 aromatic heterocycles. The van der Waals surface area contributed by atoms with Crippen LogP contribution in [-0.2, 0) is 9.53 Å². The maximum absolute atomic E-state index is 11.5. The van der Waals surface area contributed by atoms with Gasteiger partial charge in [-0.25, -0.2) is 9.80 Å². The molecule has 1 fully saturated rings. The Kier molecular flexibility index (Phi) is 3.69. The Morgan fingerprint density at radius 1 is 1.29 bits per heavy atom. The van der Waals surface area contributed by atoms with Crippen LogP contribution in [0.25, 0.3) is 0 Å². The molecule has 0 aliphatic carbocycles. The largest absolute Gasteiger partial charge is 0.459 e. The van der Waals surface area contributed by atoms with E-state index in [0.717, 1.165) is 12.8 Å². The molecule has 0 unspecified atom stereocenters. The number of hydrogen-bond donors (Lipinski definition) is 1. The summed E-state index contributed by atoms with van der Waals surface area (Å²) in [5, 5.41) is 1.87. The second-order valence-electron chi connectivity index (χ2n) is 6.21. The Labute approximate surface area is 104 Å². The van der Waals surface area contributed by atoms with Gasteiger partial charge in [-0.1, -0.05) is 6.58 Å². The van der Waals surface area contributed by atoms with E-state index in [1.807, 2.05) is 5.01 Å². The van der Waals surface area contributed by atoms with Crippen molar-refractivity contribution in [3.05, 3.63) is 12.2 Å². The monoisotopic (exact) mass is 240 g/mol. The SMILES string of the molecule is C=C(C)C(=O)OC1CC(C)(C)N(N)C(C)(C)C1. The Morgan fingerprint density at radius 2 is 1.71 bits per heavy atom. The van der Waals surface area contributed by atoms with Crippen molar-refractivity contribution in [2.75, 3.05) is 0 Å². The van der Waals surface area contributed by atoms with Gasteiger partial charge in [0.1, 0.15) is 6.10 Å². The Bertz CT molecular complexity index is 316. The lowest BCUT2D eigenvalue weighted by Crippen LogP contribution is -2.65. The summed E-state index contributed by atoms with van der Waals surface area (Å²) in [6.07, 6.45) is 1.39. The molecule has 1 heterocycles. The zero-order valence-electron chi connectivity index (χ0n) is 11.5. The maximum atomic E-state index is 11.5. The lowest BCUT2D eigenvalue weighted by atomic mass is 9.80. The van der Waals surface area contributed by atoms with Crippen LogP contribution in [0.3, 0.4) is 0 Å². The summed E-state index contributed by atoms with van der Waals surface area (Å²) in [4.78, 5) is 11.5. The van der Waals surface area contributed by atoms with Crippen molar-refractivity contribution < 1.29 is 9.53 Å². The van der Waals surface area contributed by atoms with Crippen LogP contribution >= 0.6 is 0 Å². The van der Waals surface area contributed by atoms with E-state index in [4.69, 9.17) is 10.6 Å². The molecule has 1 aliphatic heterocycles. The highest BCUT2D eigenvalue weighted by Gasteiger charge is 2.45. The minimum atomic E-state index is -0.313. The van der Waals surface area contributed by atoms with E-state index in [1.165, 1.54) is 0 Å². The quantitative estimate of drug-likeness (QED) is 0.455. The molecule has 0 atom stereocenters. The molecule has 0 aromatic rings. The van der Waals surface area contributed by atoms with Crippen molar-refractivity contribution in [2.45, 2.75) is 64.6 Å². The van der Waals surface area contributed by atoms with Crippen molar-refractivity contribution in [3.63, 3.8) is 0 Å². The third-order valence-corrected chi connectivity index (χ3v) is 3.38. The Balaban J connectivity index is 2.78. The molecular formula is C13H24N2O2. The molecule has 1 saturated heterocycles. The fourth-order valence-corrected chi connectivity index (χ4v) is 2.54. The van der Waals surface area contributed by atoms with Crippen LogP contribution in [0.5, 0.6) is 0 Å². The summed E-state index contributed by atoms with van der Waals surface area (Å²) in [5.74, 6) is 5.81. The third-order valence-electron chi connectivity index (χ3n) is 3.38. The van der Waals surface area contributed by atoms with Gasteiger partial charge in [0.15, 0.2) is 0 Å². The van der Waals surface area contributed by atoms with Crippen LogP contribution in [0.2, 0.25) is 0 Å². The van der Waals surface area contributed by atoms with E-state index < -0.39 is 0 Å². The molecule has 1 rings (SSSR count). The van der Waals surface area contributed by atoms with Crippen LogP contribution in [0.1, 0.15) is 47.5 Å². The average molecular weight is 240 g/mol. The molecule has 17 heavy (non-hydrogen) atoms. The van der Waals surface area contributed by atoms with Crippen LogP contribution in [0.15, 0.2) is 12.2 Å². The number of carbonyl (C=O) groups excluding carboxylic acids is 1. The fraction of sp³-hybridized carbons (Fsp3) is 0.769. The topological polar surface area (TPSA) is 55.6 Å². The smallest absolute Gasteiger partial charge is 0.333 e. The van der Waals surface area contributed by atoms with Gasteiger partial charge in [0.2, 0.25) is 0 Å². The molecule has 0 spiro atoms. The number of hydrogen-bond acceptors (Lipinski definition) is 4. The number of hydrazine groups is 1. The van der Waals surface area contributed by atoms with Gasteiger partial charge in [-0.05, 0) is 34.6 Å². The van der Waals surface area contributed by atoms with Crippen molar-refractivity contribution in [1.29, 1.82) is 0 Å². The van der Waals surface area contributed by atoms with E-state index >= 15 is 0 Å².